The van der Waals surface area contributed by atoms with Gasteiger partial charge in [-0.15, -0.1) is 0 Å². The van der Waals surface area contributed by atoms with Crippen LogP contribution < -0.4 is 21.4 Å². The zero-order valence-electron chi connectivity index (χ0n) is 18.3. The maximum Gasteiger partial charge on any atom is 0.253 e. The molecule has 1 unspecified atom stereocenters. The van der Waals surface area contributed by atoms with Crippen molar-refractivity contribution in [2.24, 2.45) is 5.73 Å². The summed E-state index contributed by atoms with van der Waals surface area (Å²) in [7, 11) is 0. The van der Waals surface area contributed by atoms with Crippen LogP contribution in [0.3, 0.4) is 0 Å². The molecule has 2 aromatic heterocycles. The first-order chi connectivity index (χ1) is 16.7. The minimum Gasteiger partial charge on any atom is -0.504 e. The van der Waals surface area contributed by atoms with E-state index in [1.807, 2.05) is 0 Å². The molecular weight excluding hydrogens is 491 g/mol. The lowest BCUT2D eigenvalue weighted by atomic mass is 10.0. The smallest absolute Gasteiger partial charge is 0.253 e. The Labute approximate surface area is 210 Å². The van der Waals surface area contributed by atoms with Crippen molar-refractivity contribution in [2.75, 3.05) is 18.0 Å². The number of benzene rings is 1. The summed E-state index contributed by atoms with van der Waals surface area (Å²) in [5, 5.41) is 36.6. The van der Waals surface area contributed by atoms with Crippen molar-refractivity contribution in [1.82, 2.24) is 14.9 Å². The number of halogens is 2. The van der Waals surface area contributed by atoms with Crippen LogP contribution >= 0.6 is 23.2 Å². The molecule has 7 N–H and O–H groups in total. The van der Waals surface area contributed by atoms with E-state index in [2.05, 4.69) is 10.3 Å². The number of nitrogens with zero attached hydrogens (tertiary/aromatic N) is 3. The van der Waals surface area contributed by atoms with Crippen LogP contribution in [0.25, 0.3) is 11.1 Å². The van der Waals surface area contributed by atoms with E-state index in [9.17, 15) is 9.90 Å². The van der Waals surface area contributed by atoms with Gasteiger partial charge in [-0.1, -0.05) is 29.3 Å². The highest BCUT2D eigenvalue weighted by Gasteiger charge is 2.29. The standard InChI is InChI=1S/C23H22Cl2N8O2/c24-16-7-12(13-2-4-18(27)33(9-13)11-26)1-3-15(16)23(35)31-14-5-6-32(10-14)22-20(34)19(21(28)29)17(25)8-30-22/h1-4,7-9,11,14,26-27,34H,5-6,10H2,(H3,28,29)(H,31,35). The number of hydrogen-bond acceptors (Lipinski definition) is 7. The van der Waals surface area contributed by atoms with E-state index in [1.165, 1.54) is 10.8 Å². The van der Waals surface area contributed by atoms with Crippen molar-refractivity contribution in [3.63, 3.8) is 0 Å². The lowest BCUT2D eigenvalue weighted by Gasteiger charge is -2.20. The summed E-state index contributed by atoms with van der Waals surface area (Å²) in [5.41, 5.74) is 7.55. The molecule has 180 valence electrons. The maximum atomic E-state index is 12.9. The third-order valence-corrected chi connectivity index (χ3v) is 6.34. The zero-order chi connectivity index (χ0) is 25.3. The lowest BCUT2D eigenvalue weighted by molar-refractivity contribution is 0.0940. The number of amidine groups is 1. The molecule has 3 heterocycles. The second kappa shape index (κ2) is 9.77. The van der Waals surface area contributed by atoms with E-state index in [-0.39, 0.29) is 50.4 Å². The normalized spacial score (nSPS) is 15.1. The molecule has 10 nitrogen and oxygen atoms in total. The van der Waals surface area contributed by atoms with Gasteiger partial charge in [0.2, 0.25) is 0 Å². The molecule has 1 fully saturated rings. The number of hydrogen-bond donors (Lipinski definition) is 6. The van der Waals surface area contributed by atoms with Gasteiger partial charge in [-0.25, -0.2) is 4.98 Å². The second-order valence-electron chi connectivity index (χ2n) is 8.01. The first-order valence-electron chi connectivity index (χ1n) is 10.5. The Balaban J connectivity index is 1.48. The first kappa shape index (κ1) is 24.2. The lowest BCUT2D eigenvalue weighted by Crippen LogP contribution is -2.37. The number of carbonyl (C=O) groups is 1. The molecule has 1 aromatic carbocycles. The van der Waals surface area contributed by atoms with Crippen LogP contribution in [0.1, 0.15) is 22.3 Å². The van der Waals surface area contributed by atoms with Gasteiger partial charge in [0, 0.05) is 31.5 Å². The fourth-order valence-corrected chi connectivity index (χ4v) is 4.47. The number of carbonyl (C=O) groups excluding carboxylic acids is 1. The number of nitrogen functional groups attached to an aromatic ring is 1. The molecule has 1 aliphatic rings. The molecule has 0 aliphatic carbocycles. The van der Waals surface area contributed by atoms with Crippen LogP contribution in [-0.4, -0.2) is 51.9 Å². The molecule has 0 bridgehead atoms. The molecule has 1 saturated heterocycles. The highest BCUT2D eigenvalue weighted by Crippen LogP contribution is 2.34. The van der Waals surface area contributed by atoms with Crippen molar-refractivity contribution < 1.29 is 9.90 Å². The Morgan fingerprint density at radius 2 is 1.97 bits per heavy atom. The number of pyridine rings is 2. The van der Waals surface area contributed by atoms with Crippen LogP contribution in [0.4, 0.5) is 5.82 Å². The van der Waals surface area contributed by atoms with Gasteiger partial charge >= 0.3 is 0 Å². The number of anilines is 1. The number of nitrogens with two attached hydrogens (primary N) is 1. The van der Waals surface area contributed by atoms with E-state index < -0.39 is 0 Å². The topological polar surface area (TPSA) is 168 Å². The Morgan fingerprint density at radius 3 is 2.66 bits per heavy atom. The molecule has 12 heteroatoms. The summed E-state index contributed by atoms with van der Waals surface area (Å²) in [6, 6.07) is 8.17. The largest absolute Gasteiger partial charge is 0.504 e. The zero-order valence-corrected chi connectivity index (χ0v) is 19.9. The molecule has 1 atom stereocenters. The Morgan fingerprint density at radius 1 is 1.23 bits per heavy atom. The fraction of sp³-hybridized carbons (Fsp3) is 0.174. The molecule has 0 saturated carbocycles. The number of amides is 1. The van der Waals surface area contributed by atoms with Crippen LogP contribution in [-0.2, 0) is 0 Å². The van der Waals surface area contributed by atoms with Gasteiger partial charge in [0.15, 0.2) is 11.6 Å². The maximum absolute atomic E-state index is 12.9. The van der Waals surface area contributed by atoms with Gasteiger partial charge in [-0.2, -0.15) is 0 Å². The molecule has 35 heavy (non-hydrogen) atoms. The average Bonchev–Trinajstić information content (AvgIpc) is 3.27. The van der Waals surface area contributed by atoms with Crippen molar-refractivity contribution in [3.05, 3.63) is 69.4 Å². The van der Waals surface area contributed by atoms with Gasteiger partial charge in [0.25, 0.3) is 5.91 Å². The third kappa shape index (κ3) is 4.84. The summed E-state index contributed by atoms with van der Waals surface area (Å²) < 4.78 is 1.36. The van der Waals surface area contributed by atoms with Crippen LogP contribution in [0, 0.1) is 16.2 Å². The van der Waals surface area contributed by atoms with E-state index in [0.29, 0.717) is 25.1 Å². The van der Waals surface area contributed by atoms with Gasteiger partial charge in [-0.3, -0.25) is 25.6 Å². The highest BCUT2D eigenvalue weighted by atomic mass is 35.5. The molecule has 0 spiro atoms. The monoisotopic (exact) mass is 512 g/mol. The summed E-state index contributed by atoms with van der Waals surface area (Å²) in [6.07, 6.45) is 4.64. The quantitative estimate of drug-likeness (QED) is 0.220. The first-order valence-corrected chi connectivity index (χ1v) is 11.3. The molecule has 3 aromatic rings. The average molecular weight is 513 g/mol. The number of aromatic hydroxyl groups is 1. The van der Waals surface area contributed by atoms with Gasteiger partial charge in [0.1, 0.15) is 11.3 Å². The molecule has 1 amide bonds. The molecule has 0 radical (unpaired) electrons. The minimum atomic E-state index is -0.360. The van der Waals surface area contributed by atoms with Gasteiger partial charge in [0.05, 0.1) is 27.5 Å². The van der Waals surface area contributed by atoms with E-state index in [4.69, 9.17) is 45.2 Å². The van der Waals surface area contributed by atoms with Crippen molar-refractivity contribution in [3.8, 4) is 16.9 Å². The molecule has 1 aliphatic heterocycles. The third-order valence-electron chi connectivity index (χ3n) is 5.74. The van der Waals surface area contributed by atoms with Crippen molar-refractivity contribution in [1.29, 1.82) is 16.2 Å². The van der Waals surface area contributed by atoms with Crippen LogP contribution in [0.2, 0.25) is 10.0 Å². The highest BCUT2D eigenvalue weighted by molar-refractivity contribution is 6.34. The SMILES string of the molecule is N=Cn1cc(-c2ccc(C(=O)NC3CCN(c4ncc(Cl)c(C(=N)N)c4O)C3)c(Cl)c2)ccc1=N. The number of rotatable bonds is 6. The second-order valence-corrected chi connectivity index (χ2v) is 8.82. The summed E-state index contributed by atoms with van der Waals surface area (Å²) >= 11 is 12.4. The summed E-state index contributed by atoms with van der Waals surface area (Å²) in [4.78, 5) is 18.9. The summed E-state index contributed by atoms with van der Waals surface area (Å²) in [6.45, 7) is 0.917. The van der Waals surface area contributed by atoms with Crippen LogP contribution in [0.5, 0.6) is 5.75 Å². The van der Waals surface area contributed by atoms with Crippen molar-refractivity contribution in [2.45, 2.75) is 12.5 Å². The minimum absolute atomic E-state index is 0.0273. The number of aromatic nitrogens is 2. The van der Waals surface area contributed by atoms with Crippen molar-refractivity contribution >= 4 is 47.1 Å². The molecular formula is C23H22Cl2N8O2. The Bertz CT molecular complexity index is 1400. The fourth-order valence-electron chi connectivity index (χ4n) is 3.96. The van der Waals surface area contributed by atoms with E-state index >= 15 is 0 Å². The van der Waals surface area contributed by atoms with E-state index in [1.54, 1.807) is 41.4 Å². The number of nitrogens with one attached hydrogen (secondary N) is 4. The predicted molar refractivity (Wildman–Crippen MR) is 135 cm³/mol. The van der Waals surface area contributed by atoms with E-state index in [0.717, 1.165) is 17.5 Å². The Kier molecular flexibility index (Phi) is 6.77. The van der Waals surface area contributed by atoms with Crippen LogP contribution in [0.15, 0.2) is 42.7 Å². The summed E-state index contributed by atoms with van der Waals surface area (Å²) in [5.74, 6) is -0.707. The van der Waals surface area contributed by atoms with Gasteiger partial charge in [-0.05, 0) is 41.8 Å². The Hall–Kier alpha value is -3.89. The van der Waals surface area contributed by atoms with Gasteiger partial charge < -0.3 is 21.1 Å². The predicted octanol–water partition coefficient (Wildman–Crippen LogP) is 2.79. The molecule has 4 rings (SSSR count).